The number of nitrogens with two attached hydrogens (primary N) is 1. The van der Waals surface area contributed by atoms with Crippen LogP contribution in [-0.2, 0) is 28.4 Å². The molecule has 1 unspecified atom stereocenters. The van der Waals surface area contributed by atoms with E-state index in [1.807, 2.05) is 52.8 Å². The van der Waals surface area contributed by atoms with Gasteiger partial charge in [-0.1, -0.05) is 42.5 Å². The lowest BCUT2D eigenvalue weighted by Gasteiger charge is -2.36. The van der Waals surface area contributed by atoms with Crippen molar-refractivity contribution in [3.63, 3.8) is 0 Å². The zero-order valence-electron chi connectivity index (χ0n) is 23.2. The number of aryl methyl sites for hydroxylation is 1. The fraction of sp³-hybridized carbons (Fsp3) is 0.345. The van der Waals surface area contributed by atoms with Crippen molar-refractivity contribution in [2.75, 3.05) is 19.1 Å². The first-order chi connectivity index (χ1) is 18.4. The number of carbonyl (C=O) groups excluding carboxylic acids is 2. The number of hydrogen-bond acceptors (Lipinski definition) is 9. The Morgan fingerprint density at radius 1 is 1.00 bits per heavy atom. The van der Waals surface area contributed by atoms with Crippen molar-refractivity contribution in [1.29, 1.82) is 5.26 Å². The standard InChI is InChI=1S/C29H32BN3O6/c1-17-13-14-19(30-38-28(2,3)29(4,5)39-30)15-21(17)33-24(27(35)37-7)23(26(34)36-6)22(20(16-31)25(33)32)18-11-9-8-10-12-18/h8-15,22H,32H2,1-7H3. The summed E-state index contributed by atoms with van der Waals surface area (Å²) >= 11 is 0. The Hall–Kier alpha value is -4.07. The molecule has 10 heteroatoms. The van der Waals surface area contributed by atoms with Crippen molar-refractivity contribution >= 4 is 30.2 Å². The summed E-state index contributed by atoms with van der Waals surface area (Å²) in [6.07, 6.45) is 0. The van der Waals surface area contributed by atoms with Crippen LogP contribution in [0.25, 0.3) is 0 Å². The highest BCUT2D eigenvalue weighted by molar-refractivity contribution is 6.62. The Labute approximate surface area is 228 Å². The van der Waals surface area contributed by atoms with Crippen LogP contribution in [0.3, 0.4) is 0 Å². The lowest BCUT2D eigenvalue weighted by Crippen LogP contribution is -2.42. The van der Waals surface area contributed by atoms with Crippen LogP contribution < -0.4 is 16.1 Å². The first-order valence-corrected chi connectivity index (χ1v) is 12.5. The topological polar surface area (TPSA) is 124 Å². The van der Waals surface area contributed by atoms with Gasteiger partial charge in [0.1, 0.15) is 11.5 Å². The molecule has 4 rings (SSSR count). The van der Waals surface area contributed by atoms with Crippen LogP contribution in [0.5, 0.6) is 0 Å². The van der Waals surface area contributed by atoms with E-state index in [0.29, 0.717) is 16.7 Å². The summed E-state index contributed by atoms with van der Waals surface area (Å²) in [5.74, 6) is -2.54. The monoisotopic (exact) mass is 529 g/mol. The number of allylic oxidation sites excluding steroid dienone is 1. The fourth-order valence-corrected chi connectivity index (χ4v) is 4.76. The molecule has 1 saturated heterocycles. The van der Waals surface area contributed by atoms with E-state index in [2.05, 4.69) is 6.07 Å². The normalized spacial score (nSPS) is 20.1. The highest BCUT2D eigenvalue weighted by Gasteiger charge is 2.52. The molecule has 0 spiro atoms. The molecule has 202 valence electrons. The molecular weight excluding hydrogens is 497 g/mol. The molecule has 2 aromatic carbocycles. The van der Waals surface area contributed by atoms with Gasteiger partial charge in [-0.3, -0.25) is 4.90 Å². The van der Waals surface area contributed by atoms with Crippen molar-refractivity contribution in [3.05, 3.63) is 82.3 Å². The number of rotatable bonds is 5. The van der Waals surface area contributed by atoms with E-state index in [-0.39, 0.29) is 22.7 Å². The van der Waals surface area contributed by atoms with Gasteiger partial charge >= 0.3 is 19.1 Å². The van der Waals surface area contributed by atoms with E-state index >= 15 is 0 Å². The van der Waals surface area contributed by atoms with Gasteiger partial charge in [0.25, 0.3) is 0 Å². The maximum Gasteiger partial charge on any atom is 0.494 e. The summed E-state index contributed by atoms with van der Waals surface area (Å²) < 4.78 is 22.7. The van der Waals surface area contributed by atoms with Crippen molar-refractivity contribution in [2.45, 2.75) is 51.7 Å². The molecule has 2 heterocycles. The summed E-state index contributed by atoms with van der Waals surface area (Å²) in [5, 5.41) is 10.3. The van der Waals surface area contributed by atoms with Crippen LogP contribution in [0.4, 0.5) is 5.69 Å². The number of nitrogens with zero attached hydrogens (tertiary/aromatic N) is 2. The Balaban J connectivity index is 1.99. The molecule has 0 saturated carbocycles. The molecule has 9 nitrogen and oxygen atoms in total. The van der Waals surface area contributed by atoms with E-state index in [1.54, 1.807) is 30.3 Å². The second-order valence-electron chi connectivity index (χ2n) is 10.5. The third-order valence-electron chi connectivity index (χ3n) is 7.61. The number of ether oxygens (including phenoxy) is 2. The summed E-state index contributed by atoms with van der Waals surface area (Å²) in [7, 11) is 1.74. The van der Waals surface area contributed by atoms with Crippen LogP contribution in [0.1, 0.15) is 44.7 Å². The predicted octanol–water partition coefficient (Wildman–Crippen LogP) is 3.19. The first kappa shape index (κ1) is 28.0. The van der Waals surface area contributed by atoms with Gasteiger partial charge in [-0.15, -0.1) is 0 Å². The minimum Gasteiger partial charge on any atom is -0.466 e. The first-order valence-electron chi connectivity index (χ1n) is 12.5. The van der Waals surface area contributed by atoms with Crippen molar-refractivity contribution in [3.8, 4) is 6.07 Å². The van der Waals surface area contributed by atoms with Crippen LogP contribution in [0.15, 0.2) is 71.2 Å². The minimum absolute atomic E-state index is 0.00595. The average Bonchev–Trinajstić information content (AvgIpc) is 3.14. The maximum atomic E-state index is 13.4. The molecule has 1 atom stereocenters. The summed E-state index contributed by atoms with van der Waals surface area (Å²) in [6, 6.07) is 16.5. The lowest BCUT2D eigenvalue weighted by atomic mass is 9.77. The molecule has 0 aromatic heterocycles. The van der Waals surface area contributed by atoms with Gasteiger partial charge in [-0.2, -0.15) is 5.26 Å². The molecule has 0 amide bonds. The van der Waals surface area contributed by atoms with E-state index in [4.69, 9.17) is 24.5 Å². The van der Waals surface area contributed by atoms with E-state index in [0.717, 1.165) is 5.56 Å². The highest BCUT2D eigenvalue weighted by atomic mass is 16.7. The molecule has 1 fully saturated rings. The number of hydrogen-bond donors (Lipinski definition) is 1. The fourth-order valence-electron chi connectivity index (χ4n) is 4.76. The van der Waals surface area contributed by atoms with Gasteiger partial charge in [0.2, 0.25) is 0 Å². The largest absolute Gasteiger partial charge is 0.494 e. The summed E-state index contributed by atoms with van der Waals surface area (Å²) in [6.45, 7) is 9.65. The third kappa shape index (κ3) is 4.69. The second-order valence-corrected chi connectivity index (χ2v) is 10.5. The molecule has 2 aromatic rings. The van der Waals surface area contributed by atoms with Crippen LogP contribution in [0, 0.1) is 18.3 Å². The molecular formula is C29H32BN3O6. The number of methoxy groups -OCH3 is 2. The van der Waals surface area contributed by atoms with Gasteiger partial charge in [-0.25, -0.2) is 9.59 Å². The van der Waals surface area contributed by atoms with E-state index < -0.39 is 36.2 Å². The minimum atomic E-state index is -0.944. The Morgan fingerprint density at radius 2 is 1.59 bits per heavy atom. The predicted molar refractivity (Wildman–Crippen MR) is 146 cm³/mol. The number of esters is 2. The number of carbonyl (C=O) groups is 2. The second kappa shape index (κ2) is 10.2. The SMILES string of the molecule is COC(=O)C1=C(C(=O)OC)N(c2cc(B3OC(C)(C)C(C)(C)O3)ccc2C)C(N)=C(C#N)C1c1ccccc1. The molecule has 0 aliphatic carbocycles. The van der Waals surface area contributed by atoms with Crippen LogP contribution >= 0.6 is 0 Å². The highest BCUT2D eigenvalue weighted by Crippen LogP contribution is 2.44. The molecule has 0 radical (unpaired) electrons. The zero-order chi connectivity index (χ0) is 28.7. The molecule has 2 N–H and O–H groups in total. The summed E-state index contributed by atoms with van der Waals surface area (Å²) in [5.41, 5.74) is 7.88. The Kier molecular flexibility index (Phi) is 7.35. The van der Waals surface area contributed by atoms with Crippen molar-refractivity contribution in [1.82, 2.24) is 0 Å². The van der Waals surface area contributed by atoms with Crippen LogP contribution in [0.2, 0.25) is 0 Å². The average molecular weight is 529 g/mol. The quantitative estimate of drug-likeness (QED) is 0.459. The van der Waals surface area contributed by atoms with Gasteiger partial charge in [0.05, 0.1) is 54.2 Å². The maximum absolute atomic E-state index is 13.4. The Morgan fingerprint density at radius 3 is 2.13 bits per heavy atom. The van der Waals surface area contributed by atoms with Gasteiger partial charge in [0, 0.05) is 0 Å². The van der Waals surface area contributed by atoms with Gasteiger partial charge in [0.15, 0.2) is 0 Å². The number of benzene rings is 2. The number of anilines is 1. The lowest BCUT2D eigenvalue weighted by molar-refractivity contribution is -0.139. The zero-order valence-corrected chi connectivity index (χ0v) is 23.2. The number of nitriles is 1. The van der Waals surface area contributed by atoms with Crippen molar-refractivity contribution in [2.24, 2.45) is 5.73 Å². The summed E-state index contributed by atoms with van der Waals surface area (Å²) in [4.78, 5) is 28.1. The van der Waals surface area contributed by atoms with Gasteiger partial charge < -0.3 is 24.5 Å². The molecule has 2 aliphatic rings. The molecule has 0 bridgehead atoms. The Bertz CT molecular complexity index is 1410. The molecule has 2 aliphatic heterocycles. The smallest absolute Gasteiger partial charge is 0.466 e. The van der Waals surface area contributed by atoms with E-state index in [9.17, 15) is 14.9 Å². The van der Waals surface area contributed by atoms with Crippen molar-refractivity contribution < 1.29 is 28.4 Å². The third-order valence-corrected chi connectivity index (χ3v) is 7.61. The van der Waals surface area contributed by atoms with Crippen LogP contribution in [-0.4, -0.2) is 44.5 Å². The van der Waals surface area contributed by atoms with E-state index in [1.165, 1.54) is 19.1 Å². The molecule has 39 heavy (non-hydrogen) atoms. The van der Waals surface area contributed by atoms with Gasteiger partial charge in [-0.05, 0) is 57.3 Å².